The molecule has 1 aliphatic rings. The van der Waals surface area contributed by atoms with Gasteiger partial charge in [-0.2, -0.15) is 0 Å². The van der Waals surface area contributed by atoms with Crippen LogP contribution in [0, 0.1) is 13.8 Å². The van der Waals surface area contributed by atoms with Gasteiger partial charge in [-0.25, -0.2) is 4.79 Å². The number of thioether (sulfide) groups is 1. The van der Waals surface area contributed by atoms with Crippen LogP contribution in [0.25, 0.3) is 6.08 Å². The normalized spacial score (nSPS) is 15.5. The first-order chi connectivity index (χ1) is 13.3. The number of benzene rings is 2. The molecular weight excluding hydrogens is 370 g/mol. The number of ether oxygens (including phenoxy) is 1. The molecule has 0 bridgehead atoms. The minimum Gasteiger partial charge on any atom is -0.465 e. The number of amides is 1. The van der Waals surface area contributed by atoms with Crippen LogP contribution in [0.1, 0.15) is 23.6 Å². The van der Waals surface area contributed by atoms with E-state index in [0.29, 0.717) is 16.8 Å². The average molecular weight is 394 g/mol. The standard InChI is InChI=1S/C23H23NO3S/c1-14-10-15(2)12-18(11-14)24-16(3)21(23(26)27-4)20(22(24)25)13-17-6-8-19(28-5)9-7-17/h6-13H,1-5H3/b20-13-. The fraction of sp³-hybridized carbons (Fsp3) is 0.217. The molecule has 0 radical (unpaired) electrons. The molecule has 0 aliphatic carbocycles. The van der Waals surface area contributed by atoms with Gasteiger partial charge in [0.05, 0.1) is 18.3 Å². The predicted octanol–water partition coefficient (Wildman–Crippen LogP) is 4.90. The number of methoxy groups -OCH3 is 1. The molecule has 0 N–H and O–H groups in total. The van der Waals surface area contributed by atoms with Crippen LogP contribution in [0.3, 0.4) is 0 Å². The number of esters is 1. The monoisotopic (exact) mass is 393 g/mol. The number of carbonyl (C=O) groups excluding carboxylic acids is 2. The average Bonchev–Trinajstić information content (AvgIpc) is 2.91. The molecule has 4 nitrogen and oxygen atoms in total. The minimum atomic E-state index is -0.510. The summed E-state index contributed by atoms with van der Waals surface area (Å²) in [6.45, 7) is 5.75. The summed E-state index contributed by atoms with van der Waals surface area (Å²) >= 11 is 1.65. The predicted molar refractivity (Wildman–Crippen MR) is 114 cm³/mol. The zero-order chi connectivity index (χ0) is 20.4. The Balaban J connectivity index is 2.12. The fourth-order valence-corrected chi connectivity index (χ4v) is 3.85. The molecule has 2 aromatic carbocycles. The van der Waals surface area contributed by atoms with Crippen LogP contribution in [-0.4, -0.2) is 25.2 Å². The third-order valence-electron chi connectivity index (χ3n) is 4.68. The first kappa shape index (κ1) is 20.0. The second-order valence-corrected chi connectivity index (χ2v) is 7.65. The molecule has 0 aromatic heterocycles. The van der Waals surface area contributed by atoms with E-state index in [2.05, 4.69) is 0 Å². The summed E-state index contributed by atoms with van der Waals surface area (Å²) in [4.78, 5) is 28.5. The summed E-state index contributed by atoms with van der Waals surface area (Å²) in [5, 5.41) is 0. The maximum absolute atomic E-state index is 13.3. The van der Waals surface area contributed by atoms with Crippen molar-refractivity contribution in [1.29, 1.82) is 0 Å². The van der Waals surface area contributed by atoms with E-state index in [1.54, 1.807) is 29.7 Å². The lowest BCUT2D eigenvalue weighted by atomic mass is 10.0. The highest BCUT2D eigenvalue weighted by Gasteiger charge is 2.38. The number of nitrogens with zero attached hydrogens (tertiary/aromatic N) is 1. The summed E-state index contributed by atoms with van der Waals surface area (Å²) in [5.74, 6) is -0.735. The number of rotatable bonds is 4. The van der Waals surface area contributed by atoms with Crippen LogP contribution in [-0.2, 0) is 14.3 Å². The first-order valence-corrected chi connectivity index (χ1v) is 10.2. The lowest BCUT2D eigenvalue weighted by Gasteiger charge is -2.19. The largest absolute Gasteiger partial charge is 0.465 e. The van der Waals surface area contributed by atoms with Gasteiger partial charge in [-0.15, -0.1) is 11.8 Å². The van der Waals surface area contributed by atoms with Crippen molar-refractivity contribution in [1.82, 2.24) is 0 Å². The molecule has 5 heteroatoms. The zero-order valence-electron chi connectivity index (χ0n) is 16.7. The van der Waals surface area contributed by atoms with Crippen molar-refractivity contribution in [2.45, 2.75) is 25.7 Å². The Kier molecular flexibility index (Phi) is 5.75. The summed E-state index contributed by atoms with van der Waals surface area (Å²) < 4.78 is 4.97. The number of hydrogen-bond acceptors (Lipinski definition) is 4. The van der Waals surface area contributed by atoms with Gasteiger partial charge in [0.15, 0.2) is 0 Å². The smallest absolute Gasteiger partial charge is 0.340 e. The Bertz CT molecular complexity index is 983. The van der Waals surface area contributed by atoms with Crippen molar-refractivity contribution < 1.29 is 14.3 Å². The lowest BCUT2D eigenvalue weighted by molar-refractivity contribution is -0.136. The van der Waals surface area contributed by atoms with Crippen molar-refractivity contribution in [3.8, 4) is 0 Å². The zero-order valence-corrected chi connectivity index (χ0v) is 17.5. The molecule has 0 fully saturated rings. The van der Waals surface area contributed by atoms with Gasteiger partial charge in [0.25, 0.3) is 5.91 Å². The quantitative estimate of drug-likeness (QED) is 0.421. The lowest BCUT2D eigenvalue weighted by Crippen LogP contribution is -2.24. The molecule has 1 aliphatic heterocycles. The molecular formula is C23H23NO3S. The van der Waals surface area contributed by atoms with Crippen LogP contribution in [0.15, 0.2) is 64.2 Å². The molecule has 0 atom stereocenters. The Morgan fingerprint density at radius 3 is 2.18 bits per heavy atom. The van der Waals surface area contributed by atoms with Gasteiger partial charge in [0.2, 0.25) is 0 Å². The number of anilines is 1. The Morgan fingerprint density at radius 2 is 1.64 bits per heavy atom. The van der Waals surface area contributed by atoms with Gasteiger partial charge in [0.1, 0.15) is 0 Å². The maximum Gasteiger partial charge on any atom is 0.340 e. The number of allylic oxidation sites excluding steroid dienone is 1. The van der Waals surface area contributed by atoms with E-state index >= 15 is 0 Å². The summed E-state index contributed by atoms with van der Waals surface area (Å²) in [7, 11) is 1.33. The SMILES string of the molecule is COC(=O)C1=C(C)N(c2cc(C)cc(C)c2)C(=O)/C1=C\c1ccc(SC)cc1. The highest BCUT2D eigenvalue weighted by Crippen LogP contribution is 2.36. The van der Waals surface area contributed by atoms with Crippen molar-refractivity contribution in [2.75, 3.05) is 18.3 Å². The van der Waals surface area contributed by atoms with Gasteiger partial charge < -0.3 is 4.74 Å². The van der Waals surface area contributed by atoms with E-state index in [-0.39, 0.29) is 5.91 Å². The van der Waals surface area contributed by atoms with E-state index < -0.39 is 5.97 Å². The summed E-state index contributed by atoms with van der Waals surface area (Å²) in [6.07, 6.45) is 3.77. The van der Waals surface area contributed by atoms with Crippen molar-refractivity contribution in [3.63, 3.8) is 0 Å². The van der Waals surface area contributed by atoms with Crippen LogP contribution >= 0.6 is 11.8 Å². The van der Waals surface area contributed by atoms with Crippen LogP contribution < -0.4 is 4.90 Å². The first-order valence-electron chi connectivity index (χ1n) is 8.93. The summed E-state index contributed by atoms with van der Waals surface area (Å²) in [6, 6.07) is 13.8. The third kappa shape index (κ3) is 3.76. The molecule has 0 saturated heterocycles. The molecule has 144 valence electrons. The molecule has 28 heavy (non-hydrogen) atoms. The molecule has 1 heterocycles. The van der Waals surface area contributed by atoms with Gasteiger partial charge in [0, 0.05) is 16.3 Å². The molecule has 1 amide bonds. The van der Waals surface area contributed by atoms with E-state index in [9.17, 15) is 9.59 Å². The van der Waals surface area contributed by atoms with E-state index in [0.717, 1.165) is 27.3 Å². The topological polar surface area (TPSA) is 46.6 Å². The second-order valence-electron chi connectivity index (χ2n) is 6.77. The number of aryl methyl sites for hydroxylation is 2. The Labute approximate surface area is 169 Å². The highest BCUT2D eigenvalue weighted by atomic mass is 32.2. The molecule has 2 aromatic rings. The van der Waals surface area contributed by atoms with Crippen molar-refractivity contribution >= 4 is 35.4 Å². The van der Waals surface area contributed by atoms with E-state index in [4.69, 9.17) is 4.74 Å². The van der Waals surface area contributed by atoms with Crippen molar-refractivity contribution in [3.05, 3.63) is 76.0 Å². The van der Waals surface area contributed by atoms with Crippen LogP contribution in [0.2, 0.25) is 0 Å². The van der Waals surface area contributed by atoms with Gasteiger partial charge in [-0.05, 0) is 74.1 Å². The number of carbonyl (C=O) groups is 2. The fourth-order valence-electron chi connectivity index (χ4n) is 3.44. The van der Waals surface area contributed by atoms with Gasteiger partial charge >= 0.3 is 5.97 Å². The maximum atomic E-state index is 13.3. The second kappa shape index (κ2) is 8.07. The summed E-state index contributed by atoms with van der Waals surface area (Å²) in [5.41, 5.74) is 4.95. The van der Waals surface area contributed by atoms with Crippen LogP contribution in [0.5, 0.6) is 0 Å². The number of hydrogen-bond donors (Lipinski definition) is 0. The molecule has 3 rings (SSSR count). The van der Waals surface area contributed by atoms with Crippen LogP contribution in [0.4, 0.5) is 5.69 Å². The third-order valence-corrected chi connectivity index (χ3v) is 5.42. The Morgan fingerprint density at radius 1 is 1.04 bits per heavy atom. The minimum absolute atomic E-state index is 0.225. The van der Waals surface area contributed by atoms with E-state index in [1.165, 1.54) is 7.11 Å². The van der Waals surface area contributed by atoms with Crippen molar-refractivity contribution in [2.24, 2.45) is 0 Å². The molecule has 0 spiro atoms. The van der Waals surface area contributed by atoms with Gasteiger partial charge in [-0.3, -0.25) is 9.69 Å². The molecule has 0 unspecified atom stereocenters. The highest BCUT2D eigenvalue weighted by molar-refractivity contribution is 7.98. The van der Waals surface area contributed by atoms with E-state index in [1.807, 2.05) is 62.6 Å². The molecule has 0 saturated carbocycles. The Hall–Kier alpha value is -2.79. The van der Waals surface area contributed by atoms with Gasteiger partial charge in [-0.1, -0.05) is 18.2 Å².